The summed E-state index contributed by atoms with van der Waals surface area (Å²) in [5.41, 5.74) is -0.448. The van der Waals surface area contributed by atoms with Crippen LogP contribution in [-0.4, -0.2) is 62.4 Å². The number of aromatic nitrogens is 2. The molecule has 2 aliphatic heterocycles. The smallest absolute Gasteiger partial charge is 0.256 e. The maximum Gasteiger partial charge on any atom is 0.256 e. The molecule has 29 heavy (non-hydrogen) atoms. The Morgan fingerprint density at radius 3 is 2.62 bits per heavy atom. The summed E-state index contributed by atoms with van der Waals surface area (Å²) in [5, 5.41) is 15.4. The lowest BCUT2D eigenvalue weighted by Crippen LogP contribution is -2.59. The molecule has 0 saturated carbocycles. The molecule has 1 atom stereocenters. The SMILES string of the molecule is O=C1N(Cc2ccc(F)cc2)CCC[C@]1(O)CN1CCC(Cn2cccn2)CC1. The Hall–Kier alpha value is -2.25. The number of carbonyl (C=O) groups excluding carboxylic acids is 1. The van der Waals surface area contributed by atoms with Crippen LogP contribution in [0.4, 0.5) is 4.39 Å². The van der Waals surface area contributed by atoms with E-state index in [0.717, 1.165) is 44.5 Å². The predicted molar refractivity (Wildman–Crippen MR) is 107 cm³/mol. The monoisotopic (exact) mass is 400 g/mol. The fourth-order valence-electron chi connectivity index (χ4n) is 4.54. The molecule has 1 N–H and O–H groups in total. The molecule has 2 fully saturated rings. The molecule has 2 saturated heterocycles. The summed E-state index contributed by atoms with van der Waals surface area (Å²) in [4.78, 5) is 17.0. The highest BCUT2D eigenvalue weighted by molar-refractivity contribution is 5.86. The molecule has 0 bridgehead atoms. The van der Waals surface area contributed by atoms with Crippen LogP contribution in [0.15, 0.2) is 42.7 Å². The Morgan fingerprint density at radius 1 is 1.17 bits per heavy atom. The van der Waals surface area contributed by atoms with Gasteiger partial charge in [0.25, 0.3) is 5.91 Å². The molecule has 2 aliphatic rings. The molecular weight excluding hydrogens is 371 g/mol. The molecule has 2 aromatic rings. The van der Waals surface area contributed by atoms with Gasteiger partial charge in [0.15, 0.2) is 5.60 Å². The fourth-order valence-corrected chi connectivity index (χ4v) is 4.54. The number of carbonyl (C=O) groups is 1. The molecule has 0 aliphatic carbocycles. The molecule has 3 heterocycles. The molecule has 1 amide bonds. The van der Waals surface area contributed by atoms with Crippen molar-refractivity contribution >= 4 is 5.91 Å². The Balaban J connectivity index is 1.31. The minimum atomic E-state index is -1.33. The second-order valence-electron chi connectivity index (χ2n) is 8.44. The molecule has 156 valence electrons. The highest BCUT2D eigenvalue weighted by Crippen LogP contribution is 2.28. The van der Waals surface area contributed by atoms with Crippen molar-refractivity contribution in [2.45, 2.75) is 44.4 Å². The molecule has 0 unspecified atom stereocenters. The predicted octanol–water partition coefficient (Wildman–Crippen LogP) is 2.29. The molecule has 0 spiro atoms. The summed E-state index contributed by atoms with van der Waals surface area (Å²) >= 11 is 0. The van der Waals surface area contributed by atoms with Crippen LogP contribution in [0.25, 0.3) is 0 Å². The summed E-state index contributed by atoms with van der Waals surface area (Å²) < 4.78 is 15.1. The van der Waals surface area contributed by atoms with Crippen molar-refractivity contribution in [2.75, 3.05) is 26.2 Å². The van der Waals surface area contributed by atoms with E-state index in [1.54, 1.807) is 23.2 Å². The van der Waals surface area contributed by atoms with Crippen LogP contribution in [0.5, 0.6) is 0 Å². The Labute approximate surface area is 170 Å². The second kappa shape index (κ2) is 8.63. The zero-order valence-corrected chi connectivity index (χ0v) is 16.7. The maximum atomic E-state index is 13.1. The largest absolute Gasteiger partial charge is 0.379 e. The first-order valence-corrected chi connectivity index (χ1v) is 10.5. The molecule has 1 aromatic carbocycles. The van der Waals surface area contributed by atoms with Crippen LogP contribution in [0.2, 0.25) is 0 Å². The maximum absolute atomic E-state index is 13.1. The Bertz CT molecular complexity index is 803. The van der Waals surface area contributed by atoms with Crippen LogP contribution in [-0.2, 0) is 17.9 Å². The van der Waals surface area contributed by atoms with Gasteiger partial charge in [-0.25, -0.2) is 4.39 Å². The third-order valence-electron chi connectivity index (χ3n) is 6.19. The standard InChI is InChI=1S/C22H29FN4O2/c23-20-5-3-18(4-6-20)15-26-11-1-9-22(29,21(26)28)17-25-13-7-19(8-14-25)16-27-12-2-10-24-27/h2-6,10,12,19,29H,1,7-9,11,13-17H2/t22-/m0/s1. The van der Waals surface area contributed by atoms with Crippen molar-refractivity contribution in [3.8, 4) is 0 Å². The van der Waals surface area contributed by atoms with E-state index >= 15 is 0 Å². The number of hydrogen-bond acceptors (Lipinski definition) is 4. The quantitative estimate of drug-likeness (QED) is 0.808. The minimum absolute atomic E-state index is 0.202. The normalized spacial score (nSPS) is 24.2. The van der Waals surface area contributed by atoms with E-state index in [4.69, 9.17) is 0 Å². The number of amides is 1. The Morgan fingerprint density at radius 2 is 1.93 bits per heavy atom. The van der Waals surface area contributed by atoms with Gasteiger partial charge in [0.05, 0.1) is 0 Å². The van der Waals surface area contributed by atoms with Gasteiger partial charge in [-0.3, -0.25) is 14.4 Å². The summed E-state index contributed by atoms with van der Waals surface area (Å²) in [6.07, 6.45) is 7.16. The summed E-state index contributed by atoms with van der Waals surface area (Å²) in [7, 11) is 0. The summed E-state index contributed by atoms with van der Waals surface area (Å²) in [6.45, 7) is 4.13. The first-order chi connectivity index (χ1) is 14.0. The summed E-state index contributed by atoms with van der Waals surface area (Å²) in [5.74, 6) is 0.0933. The van der Waals surface area contributed by atoms with Gasteiger partial charge in [0, 0.05) is 38.6 Å². The lowest BCUT2D eigenvalue weighted by Gasteiger charge is -2.42. The second-order valence-corrected chi connectivity index (χ2v) is 8.44. The number of rotatable bonds is 6. The van der Waals surface area contributed by atoms with E-state index in [0.29, 0.717) is 32.0 Å². The van der Waals surface area contributed by atoms with Gasteiger partial charge in [0.1, 0.15) is 5.82 Å². The van der Waals surface area contributed by atoms with Gasteiger partial charge in [-0.05, 0) is 68.5 Å². The number of halogens is 1. The third kappa shape index (κ3) is 4.85. The minimum Gasteiger partial charge on any atom is -0.379 e. The zero-order chi connectivity index (χ0) is 20.3. The highest BCUT2D eigenvalue weighted by atomic mass is 19.1. The molecule has 1 aromatic heterocycles. The van der Waals surface area contributed by atoms with Crippen LogP contribution in [0.3, 0.4) is 0 Å². The number of β-amino-alcohol motifs (C(OH)–C–C–N with tert-alkyl or cyclic N) is 1. The van der Waals surface area contributed by atoms with Gasteiger partial charge < -0.3 is 10.0 Å². The lowest BCUT2D eigenvalue weighted by molar-refractivity contribution is -0.160. The van der Waals surface area contributed by atoms with Crippen molar-refractivity contribution in [3.05, 3.63) is 54.1 Å². The highest BCUT2D eigenvalue weighted by Gasteiger charge is 2.43. The van der Waals surface area contributed by atoms with Crippen LogP contribution in [0, 0.1) is 11.7 Å². The number of nitrogens with zero attached hydrogens (tertiary/aromatic N) is 4. The van der Waals surface area contributed by atoms with Crippen molar-refractivity contribution in [3.63, 3.8) is 0 Å². The van der Waals surface area contributed by atoms with E-state index in [2.05, 4.69) is 10.00 Å². The number of likely N-dealkylation sites (tertiary alicyclic amines) is 2. The van der Waals surface area contributed by atoms with Gasteiger partial charge in [0.2, 0.25) is 0 Å². The van der Waals surface area contributed by atoms with Gasteiger partial charge in [-0.1, -0.05) is 12.1 Å². The lowest BCUT2D eigenvalue weighted by atomic mass is 9.89. The van der Waals surface area contributed by atoms with Crippen molar-refractivity contribution in [1.29, 1.82) is 0 Å². The molecule has 4 rings (SSSR count). The van der Waals surface area contributed by atoms with Gasteiger partial charge >= 0.3 is 0 Å². The fraction of sp³-hybridized carbons (Fsp3) is 0.545. The number of hydrogen-bond donors (Lipinski definition) is 1. The average Bonchev–Trinajstić information content (AvgIpc) is 3.22. The molecule has 6 nitrogen and oxygen atoms in total. The van der Waals surface area contributed by atoms with E-state index in [9.17, 15) is 14.3 Å². The number of piperidine rings is 2. The van der Waals surface area contributed by atoms with E-state index < -0.39 is 5.60 Å². The van der Waals surface area contributed by atoms with Crippen LogP contribution in [0.1, 0.15) is 31.2 Å². The van der Waals surface area contributed by atoms with Crippen molar-refractivity contribution in [2.24, 2.45) is 5.92 Å². The van der Waals surface area contributed by atoms with E-state index in [-0.39, 0.29) is 11.7 Å². The van der Waals surface area contributed by atoms with E-state index in [1.807, 2.05) is 16.9 Å². The van der Waals surface area contributed by atoms with Crippen molar-refractivity contribution in [1.82, 2.24) is 19.6 Å². The average molecular weight is 400 g/mol. The summed E-state index contributed by atoms with van der Waals surface area (Å²) in [6, 6.07) is 8.14. The number of benzene rings is 1. The Kier molecular flexibility index (Phi) is 5.96. The molecule has 7 heteroatoms. The van der Waals surface area contributed by atoms with Crippen LogP contribution >= 0.6 is 0 Å². The third-order valence-corrected chi connectivity index (χ3v) is 6.19. The molecule has 0 radical (unpaired) electrons. The van der Waals surface area contributed by atoms with Crippen LogP contribution < -0.4 is 0 Å². The van der Waals surface area contributed by atoms with E-state index in [1.165, 1.54) is 12.1 Å². The first-order valence-electron chi connectivity index (χ1n) is 10.5. The topological polar surface area (TPSA) is 61.6 Å². The van der Waals surface area contributed by atoms with Gasteiger partial charge in [-0.2, -0.15) is 5.10 Å². The first kappa shape index (κ1) is 20.0. The molecular formula is C22H29FN4O2. The van der Waals surface area contributed by atoms with Gasteiger partial charge in [-0.15, -0.1) is 0 Å². The number of aliphatic hydroxyl groups is 1. The zero-order valence-electron chi connectivity index (χ0n) is 16.7. The van der Waals surface area contributed by atoms with Crippen molar-refractivity contribution < 1.29 is 14.3 Å².